The molecule has 18 heavy (non-hydrogen) atoms. The van der Waals surface area contributed by atoms with Crippen LogP contribution in [0.25, 0.3) is 0 Å². The highest BCUT2D eigenvalue weighted by molar-refractivity contribution is 6.63. The second kappa shape index (κ2) is 4.22. The molecule has 0 atom stereocenters. The summed E-state index contributed by atoms with van der Waals surface area (Å²) in [6.07, 6.45) is 1.30. The summed E-state index contributed by atoms with van der Waals surface area (Å²) < 4.78 is 11.7. The molecule has 1 fully saturated rings. The minimum Gasteiger partial charge on any atom is -0.507 e. The molecule has 0 bridgehead atoms. The van der Waals surface area contributed by atoms with Crippen molar-refractivity contribution in [3.63, 3.8) is 0 Å². The minimum absolute atomic E-state index is 0.00528. The van der Waals surface area contributed by atoms with Gasteiger partial charge in [-0.1, -0.05) is 0 Å². The third-order valence-electron chi connectivity index (χ3n) is 3.64. The summed E-state index contributed by atoms with van der Waals surface area (Å²) in [5.41, 5.74) is 0.0321. The summed E-state index contributed by atoms with van der Waals surface area (Å²) >= 11 is 0. The standard InChI is InChI=1S/C12H18BNO4/c1-11(2)12(3,4)18-13(17-11)9-5-8(7-15)14-6-10(9)16/h5-6,15-16H,7H2,1-4H3. The fourth-order valence-corrected chi connectivity index (χ4v) is 1.75. The average Bonchev–Trinajstić information content (AvgIpc) is 2.48. The minimum atomic E-state index is -0.650. The Morgan fingerprint density at radius 3 is 2.28 bits per heavy atom. The van der Waals surface area contributed by atoms with E-state index in [9.17, 15) is 5.11 Å². The molecule has 0 radical (unpaired) electrons. The van der Waals surface area contributed by atoms with Gasteiger partial charge in [0.25, 0.3) is 0 Å². The lowest BCUT2D eigenvalue weighted by molar-refractivity contribution is 0.00578. The van der Waals surface area contributed by atoms with E-state index in [1.807, 2.05) is 27.7 Å². The van der Waals surface area contributed by atoms with E-state index in [-0.39, 0.29) is 12.4 Å². The molecule has 98 valence electrons. The molecule has 0 aromatic carbocycles. The summed E-state index contributed by atoms with van der Waals surface area (Å²) in [5.74, 6) is 0.00528. The maximum absolute atomic E-state index is 9.83. The molecule has 6 heteroatoms. The van der Waals surface area contributed by atoms with Crippen LogP contribution in [-0.4, -0.2) is 33.5 Å². The fraction of sp³-hybridized carbons (Fsp3) is 0.583. The van der Waals surface area contributed by atoms with Crippen LogP contribution < -0.4 is 5.46 Å². The van der Waals surface area contributed by atoms with Gasteiger partial charge in [-0.2, -0.15) is 0 Å². The molecule has 0 amide bonds. The van der Waals surface area contributed by atoms with Gasteiger partial charge >= 0.3 is 7.12 Å². The Bertz CT molecular complexity index is 445. The van der Waals surface area contributed by atoms with Gasteiger partial charge in [0.15, 0.2) is 0 Å². The van der Waals surface area contributed by atoms with Gasteiger partial charge in [-0.25, -0.2) is 0 Å². The first-order valence-electron chi connectivity index (χ1n) is 5.91. The maximum Gasteiger partial charge on any atom is 0.498 e. The molecular formula is C12H18BNO4. The molecule has 5 nitrogen and oxygen atoms in total. The molecule has 2 N–H and O–H groups in total. The summed E-state index contributed by atoms with van der Waals surface area (Å²) in [7, 11) is -0.650. The smallest absolute Gasteiger partial charge is 0.498 e. The number of rotatable bonds is 2. The number of aliphatic hydroxyl groups excluding tert-OH is 1. The number of nitrogens with zero attached hydrogens (tertiary/aromatic N) is 1. The Morgan fingerprint density at radius 2 is 1.78 bits per heavy atom. The Balaban J connectivity index is 2.34. The van der Waals surface area contributed by atoms with Crippen LogP contribution in [0.3, 0.4) is 0 Å². The molecule has 0 unspecified atom stereocenters. The number of aromatic hydroxyl groups is 1. The lowest BCUT2D eigenvalue weighted by Gasteiger charge is -2.32. The highest BCUT2D eigenvalue weighted by Gasteiger charge is 2.52. The van der Waals surface area contributed by atoms with Crippen LogP contribution in [-0.2, 0) is 15.9 Å². The van der Waals surface area contributed by atoms with E-state index < -0.39 is 18.3 Å². The zero-order chi connectivity index (χ0) is 13.6. The molecule has 1 aromatic rings. The van der Waals surface area contributed by atoms with E-state index in [2.05, 4.69) is 4.98 Å². The van der Waals surface area contributed by atoms with E-state index in [1.165, 1.54) is 6.20 Å². The highest BCUT2D eigenvalue weighted by atomic mass is 16.7. The van der Waals surface area contributed by atoms with Crippen LogP contribution in [0.4, 0.5) is 0 Å². The first kappa shape index (κ1) is 13.3. The first-order chi connectivity index (χ1) is 8.27. The number of aliphatic hydroxyl groups is 1. The monoisotopic (exact) mass is 251 g/mol. The van der Waals surface area contributed by atoms with Crippen LogP contribution in [0, 0.1) is 0 Å². The Hall–Kier alpha value is -1.11. The van der Waals surface area contributed by atoms with E-state index >= 15 is 0 Å². The zero-order valence-electron chi connectivity index (χ0n) is 11.1. The molecule has 0 aliphatic carbocycles. The number of hydrogen-bond acceptors (Lipinski definition) is 5. The van der Waals surface area contributed by atoms with Crippen molar-refractivity contribution in [2.45, 2.75) is 45.5 Å². The van der Waals surface area contributed by atoms with E-state index in [1.54, 1.807) is 6.07 Å². The summed E-state index contributed by atoms with van der Waals surface area (Å²) in [4.78, 5) is 3.89. The van der Waals surface area contributed by atoms with Crippen molar-refractivity contribution in [2.24, 2.45) is 0 Å². The lowest BCUT2D eigenvalue weighted by atomic mass is 9.78. The fourth-order valence-electron chi connectivity index (χ4n) is 1.75. The molecule has 0 saturated carbocycles. The van der Waals surface area contributed by atoms with Crippen molar-refractivity contribution in [1.82, 2.24) is 4.98 Å². The van der Waals surface area contributed by atoms with Gasteiger partial charge in [0.2, 0.25) is 0 Å². The normalized spacial score (nSPS) is 21.3. The second-order valence-corrected chi connectivity index (χ2v) is 5.48. The summed E-state index contributed by atoms with van der Waals surface area (Å²) in [6, 6.07) is 1.59. The predicted molar refractivity (Wildman–Crippen MR) is 67.5 cm³/mol. The SMILES string of the molecule is CC1(C)OB(c2cc(CO)ncc2O)OC1(C)C. The number of pyridine rings is 1. The molecule has 1 aliphatic rings. The quantitative estimate of drug-likeness (QED) is 0.752. The Kier molecular flexibility index (Phi) is 3.13. The van der Waals surface area contributed by atoms with Crippen LogP contribution in [0.2, 0.25) is 0 Å². The van der Waals surface area contributed by atoms with Crippen LogP contribution >= 0.6 is 0 Å². The molecule has 1 saturated heterocycles. The van der Waals surface area contributed by atoms with Crippen molar-refractivity contribution >= 4 is 12.6 Å². The van der Waals surface area contributed by atoms with Crippen LogP contribution in [0.5, 0.6) is 5.75 Å². The van der Waals surface area contributed by atoms with Gasteiger partial charge in [-0.05, 0) is 33.8 Å². The Labute approximate surface area is 107 Å². The molecule has 2 heterocycles. The number of aromatic nitrogens is 1. The van der Waals surface area contributed by atoms with E-state index in [4.69, 9.17) is 14.4 Å². The largest absolute Gasteiger partial charge is 0.507 e. The van der Waals surface area contributed by atoms with E-state index in [0.717, 1.165) is 0 Å². The highest BCUT2D eigenvalue weighted by Crippen LogP contribution is 2.37. The molecule has 2 rings (SSSR count). The maximum atomic E-state index is 9.83. The molecular weight excluding hydrogens is 233 g/mol. The van der Waals surface area contributed by atoms with Crippen LogP contribution in [0.1, 0.15) is 33.4 Å². The zero-order valence-corrected chi connectivity index (χ0v) is 11.1. The topological polar surface area (TPSA) is 71.8 Å². The lowest BCUT2D eigenvalue weighted by Crippen LogP contribution is -2.41. The Morgan fingerprint density at radius 1 is 1.22 bits per heavy atom. The number of hydrogen-bond donors (Lipinski definition) is 2. The second-order valence-electron chi connectivity index (χ2n) is 5.48. The molecule has 1 aromatic heterocycles. The predicted octanol–water partition coefficient (Wildman–Crippen LogP) is 0.579. The summed E-state index contributed by atoms with van der Waals surface area (Å²) in [5, 5.41) is 18.9. The van der Waals surface area contributed by atoms with Gasteiger partial charge in [-0.15, -0.1) is 0 Å². The van der Waals surface area contributed by atoms with Crippen molar-refractivity contribution in [1.29, 1.82) is 0 Å². The van der Waals surface area contributed by atoms with Crippen LogP contribution in [0.15, 0.2) is 12.3 Å². The third kappa shape index (κ3) is 2.11. The van der Waals surface area contributed by atoms with Gasteiger partial charge in [0.05, 0.1) is 29.7 Å². The van der Waals surface area contributed by atoms with Gasteiger partial charge < -0.3 is 19.5 Å². The van der Waals surface area contributed by atoms with Gasteiger partial charge in [0, 0.05) is 5.46 Å². The molecule has 1 aliphatic heterocycles. The summed E-state index contributed by atoms with van der Waals surface area (Å²) in [6.45, 7) is 7.58. The van der Waals surface area contributed by atoms with Crippen molar-refractivity contribution in [3.05, 3.63) is 18.0 Å². The van der Waals surface area contributed by atoms with Gasteiger partial charge in [0.1, 0.15) is 5.75 Å². The van der Waals surface area contributed by atoms with Crippen molar-refractivity contribution < 1.29 is 19.5 Å². The van der Waals surface area contributed by atoms with Crippen molar-refractivity contribution in [3.8, 4) is 5.75 Å². The average molecular weight is 251 g/mol. The third-order valence-corrected chi connectivity index (χ3v) is 3.64. The molecule has 0 spiro atoms. The van der Waals surface area contributed by atoms with Crippen molar-refractivity contribution in [2.75, 3.05) is 0 Å². The first-order valence-corrected chi connectivity index (χ1v) is 5.91. The van der Waals surface area contributed by atoms with E-state index in [0.29, 0.717) is 11.2 Å². The van der Waals surface area contributed by atoms with Gasteiger partial charge in [-0.3, -0.25) is 4.98 Å².